The number of hydrogen-bond donors (Lipinski definition) is 1. The molecule has 2 rings (SSSR count). The van der Waals surface area contributed by atoms with Crippen LogP contribution in [0.25, 0.3) is 0 Å². The molecule has 1 aliphatic rings. The number of nitrogens with zero attached hydrogens (tertiary/aromatic N) is 1. The fourth-order valence-electron chi connectivity index (χ4n) is 3.27. The Labute approximate surface area is 129 Å². The van der Waals surface area contributed by atoms with Crippen LogP contribution in [0, 0.1) is 12.8 Å². The standard InChI is InChI=1S/C18H30N2O/c1-4-17(19)18(16-7-5-14(2)6-8-16)20(3)13-15-9-11-21-12-10-15/h5-8,15,17-18H,4,9-13,19H2,1-3H3. The Hall–Kier alpha value is -0.900. The summed E-state index contributed by atoms with van der Waals surface area (Å²) in [4.78, 5) is 2.45. The molecule has 2 unspecified atom stereocenters. The third-order valence-corrected chi connectivity index (χ3v) is 4.66. The summed E-state index contributed by atoms with van der Waals surface area (Å²) in [6.45, 7) is 7.23. The van der Waals surface area contributed by atoms with Crippen molar-refractivity contribution in [2.24, 2.45) is 11.7 Å². The van der Waals surface area contributed by atoms with Crippen molar-refractivity contribution >= 4 is 0 Å². The summed E-state index contributed by atoms with van der Waals surface area (Å²) in [6.07, 6.45) is 3.34. The van der Waals surface area contributed by atoms with Gasteiger partial charge in [-0.05, 0) is 44.7 Å². The molecule has 1 aromatic carbocycles. The summed E-state index contributed by atoms with van der Waals surface area (Å²) in [5, 5.41) is 0. The van der Waals surface area contributed by atoms with E-state index in [1.165, 1.54) is 24.0 Å². The SMILES string of the molecule is CCC(N)C(c1ccc(C)cc1)N(C)CC1CCOCC1. The summed E-state index contributed by atoms with van der Waals surface area (Å²) in [5.41, 5.74) is 9.07. The van der Waals surface area contributed by atoms with Crippen molar-refractivity contribution in [1.82, 2.24) is 4.90 Å². The Kier molecular flexibility index (Phi) is 6.22. The molecule has 0 aromatic heterocycles. The van der Waals surface area contributed by atoms with Crippen LogP contribution in [-0.2, 0) is 4.74 Å². The number of ether oxygens (including phenoxy) is 1. The topological polar surface area (TPSA) is 38.5 Å². The van der Waals surface area contributed by atoms with Gasteiger partial charge in [0, 0.05) is 31.8 Å². The first-order valence-electron chi connectivity index (χ1n) is 8.22. The Morgan fingerprint density at radius 1 is 1.24 bits per heavy atom. The summed E-state index contributed by atoms with van der Waals surface area (Å²) < 4.78 is 5.46. The lowest BCUT2D eigenvalue weighted by molar-refractivity contribution is 0.0481. The number of benzene rings is 1. The molecule has 3 nitrogen and oxygen atoms in total. The van der Waals surface area contributed by atoms with E-state index in [9.17, 15) is 0 Å². The van der Waals surface area contributed by atoms with E-state index in [0.29, 0.717) is 6.04 Å². The fraction of sp³-hybridized carbons (Fsp3) is 0.667. The zero-order valence-electron chi connectivity index (χ0n) is 13.7. The second-order valence-corrected chi connectivity index (χ2v) is 6.42. The zero-order chi connectivity index (χ0) is 15.2. The van der Waals surface area contributed by atoms with E-state index in [-0.39, 0.29) is 6.04 Å². The van der Waals surface area contributed by atoms with Gasteiger partial charge in [-0.15, -0.1) is 0 Å². The normalized spacial score (nSPS) is 19.7. The van der Waals surface area contributed by atoms with Crippen LogP contribution < -0.4 is 5.73 Å². The maximum Gasteiger partial charge on any atom is 0.0496 e. The lowest BCUT2D eigenvalue weighted by Crippen LogP contribution is -2.41. The lowest BCUT2D eigenvalue weighted by atomic mass is 9.93. The average molecular weight is 290 g/mol. The highest BCUT2D eigenvalue weighted by atomic mass is 16.5. The Morgan fingerprint density at radius 3 is 2.43 bits per heavy atom. The van der Waals surface area contributed by atoms with Crippen molar-refractivity contribution in [2.45, 2.75) is 45.2 Å². The minimum Gasteiger partial charge on any atom is -0.381 e. The van der Waals surface area contributed by atoms with E-state index in [1.54, 1.807) is 0 Å². The summed E-state index contributed by atoms with van der Waals surface area (Å²) in [6, 6.07) is 9.32. The lowest BCUT2D eigenvalue weighted by Gasteiger charge is -2.36. The Bertz CT molecular complexity index is 412. The second-order valence-electron chi connectivity index (χ2n) is 6.42. The van der Waals surface area contributed by atoms with Gasteiger partial charge >= 0.3 is 0 Å². The van der Waals surface area contributed by atoms with Crippen molar-refractivity contribution in [3.05, 3.63) is 35.4 Å². The van der Waals surface area contributed by atoms with E-state index in [1.807, 2.05) is 0 Å². The van der Waals surface area contributed by atoms with Gasteiger partial charge in [0.1, 0.15) is 0 Å². The highest BCUT2D eigenvalue weighted by Gasteiger charge is 2.25. The number of hydrogen-bond acceptors (Lipinski definition) is 3. The molecular weight excluding hydrogens is 260 g/mol. The van der Waals surface area contributed by atoms with Crippen molar-refractivity contribution in [1.29, 1.82) is 0 Å². The van der Waals surface area contributed by atoms with Gasteiger partial charge in [0.15, 0.2) is 0 Å². The van der Waals surface area contributed by atoms with Gasteiger partial charge in [0.05, 0.1) is 0 Å². The van der Waals surface area contributed by atoms with Gasteiger partial charge in [0.2, 0.25) is 0 Å². The quantitative estimate of drug-likeness (QED) is 0.875. The molecule has 1 saturated heterocycles. The van der Waals surface area contributed by atoms with E-state index >= 15 is 0 Å². The Morgan fingerprint density at radius 2 is 1.86 bits per heavy atom. The van der Waals surface area contributed by atoms with Crippen molar-refractivity contribution in [2.75, 3.05) is 26.8 Å². The monoisotopic (exact) mass is 290 g/mol. The minimum absolute atomic E-state index is 0.178. The van der Waals surface area contributed by atoms with Crippen LogP contribution in [0.2, 0.25) is 0 Å². The number of likely N-dealkylation sites (N-methyl/N-ethyl adjacent to an activating group) is 1. The van der Waals surface area contributed by atoms with Crippen LogP contribution in [0.4, 0.5) is 0 Å². The second kappa shape index (κ2) is 7.92. The molecule has 1 aromatic rings. The molecule has 3 heteroatoms. The fourth-order valence-corrected chi connectivity index (χ4v) is 3.27. The van der Waals surface area contributed by atoms with Crippen LogP contribution in [0.5, 0.6) is 0 Å². The minimum atomic E-state index is 0.178. The molecule has 2 atom stereocenters. The van der Waals surface area contributed by atoms with Gasteiger partial charge in [-0.25, -0.2) is 0 Å². The van der Waals surface area contributed by atoms with Crippen LogP contribution >= 0.6 is 0 Å². The van der Waals surface area contributed by atoms with Crippen molar-refractivity contribution in [3.8, 4) is 0 Å². The van der Waals surface area contributed by atoms with Crippen LogP contribution in [0.3, 0.4) is 0 Å². The predicted octanol–water partition coefficient (Wildman–Crippen LogP) is 3.13. The summed E-state index contributed by atoms with van der Waals surface area (Å²) >= 11 is 0. The summed E-state index contributed by atoms with van der Waals surface area (Å²) in [5.74, 6) is 0.737. The summed E-state index contributed by atoms with van der Waals surface area (Å²) in [7, 11) is 2.22. The van der Waals surface area contributed by atoms with Crippen molar-refractivity contribution in [3.63, 3.8) is 0 Å². The van der Waals surface area contributed by atoms with E-state index in [4.69, 9.17) is 10.5 Å². The molecule has 0 radical (unpaired) electrons. The van der Waals surface area contributed by atoms with Crippen molar-refractivity contribution < 1.29 is 4.74 Å². The maximum atomic E-state index is 6.43. The molecule has 2 N–H and O–H groups in total. The molecule has 0 aliphatic carbocycles. The first kappa shape index (κ1) is 16.5. The first-order chi connectivity index (χ1) is 10.1. The molecule has 0 spiro atoms. The van der Waals surface area contributed by atoms with Gasteiger partial charge in [0.25, 0.3) is 0 Å². The molecule has 1 fully saturated rings. The third kappa shape index (κ3) is 4.53. The maximum absolute atomic E-state index is 6.43. The van der Waals surface area contributed by atoms with Gasteiger partial charge in [-0.3, -0.25) is 4.90 Å². The average Bonchev–Trinajstić information content (AvgIpc) is 2.50. The van der Waals surface area contributed by atoms with Gasteiger partial charge in [-0.1, -0.05) is 36.8 Å². The smallest absolute Gasteiger partial charge is 0.0496 e. The predicted molar refractivity (Wildman–Crippen MR) is 88.4 cm³/mol. The van der Waals surface area contributed by atoms with E-state index in [0.717, 1.165) is 32.1 Å². The number of rotatable bonds is 6. The zero-order valence-corrected chi connectivity index (χ0v) is 13.7. The van der Waals surface area contributed by atoms with E-state index < -0.39 is 0 Å². The molecule has 21 heavy (non-hydrogen) atoms. The van der Waals surface area contributed by atoms with Crippen LogP contribution in [0.15, 0.2) is 24.3 Å². The molecule has 0 saturated carbocycles. The molecular formula is C18H30N2O. The largest absolute Gasteiger partial charge is 0.381 e. The Balaban J connectivity index is 2.09. The van der Waals surface area contributed by atoms with E-state index in [2.05, 4.69) is 50.1 Å². The number of aryl methyl sites for hydroxylation is 1. The molecule has 0 amide bonds. The number of nitrogens with two attached hydrogens (primary N) is 1. The molecule has 1 aliphatic heterocycles. The first-order valence-corrected chi connectivity index (χ1v) is 8.22. The highest BCUT2D eigenvalue weighted by molar-refractivity contribution is 5.25. The molecule has 1 heterocycles. The third-order valence-electron chi connectivity index (χ3n) is 4.66. The highest BCUT2D eigenvalue weighted by Crippen LogP contribution is 2.27. The van der Waals surface area contributed by atoms with Crippen LogP contribution in [-0.4, -0.2) is 37.7 Å². The molecule has 118 valence electrons. The van der Waals surface area contributed by atoms with Gasteiger partial charge in [-0.2, -0.15) is 0 Å². The van der Waals surface area contributed by atoms with Crippen LogP contribution in [0.1, 0.15) is 43.4 Å². The van der Waals surface area contributed by atoms with Gasteiger partial charge < -0.3 is 10.5 Å². The molecule has 0 bridgehead atoms.